The lowest BCUT2D eigenvalue weighted by molar-refractivity contribution is -0.130. The lowest BCUT2D eigenvalue weighted by Gasteiger charge is -2.28. The molecule has 2 fully saturated rings. The molecule has 14 heteroatoms. The molecule has 1 aromatic heterocycles. The highest BCUT2D eigenvalue weighted by Crippen LogP contribution is 2.30. The van der Waals surface area contributed by atoms with Gasteiger partial charge in [-0.05, 0) is 104 Å². The minimum absolute atomic E-state index is 0. The number of hydrogen-bond donors (Lipinski definition) is 6. The highest BCUT2D eigenvalue weighted by atomic mass is 35.5. The van der Waals surface area contributed by atoms with Crippen LogP contribution >= 0.6 is 24.0 Å². The number of aromatic amines is 1. The highest BCUT2D eigenvalue weighted by molar-refractivity contribution is 6.33. The zero-order valence-electron chi connectivity index (χ0n) is 27.0. The second kappa shape index (κ2) is 16.8. The molecular formula is C35H41Cl2N9O3. The summed E-state index contributed by atoms with van der Waals surface area (Å²) in [6.07, 6.45) is 4.53. The summed E-state index contributed by atoms with van der Waals surface area (Å²) >= 11 is 6.64. The number of amides is 3. The lowest BCUT2D eigenvalue weighted by atomic mass is 9.81. The van der Waals surface area contributed by atoms with Crippen LogP contribution in [-0.4, -0.2) is 70.1 Å². The number of nitrogens with zero attached hydrogens (tertiary/aromatic N) is 3. The molecule has 1 aliphatic heterocycles. The fraction of sp³-hybridized carbons (Fsp3) is 0.371. The molecule has 4 aromatic rings. The number of anilines is 1. The first-order valence-corrected chi connectivity index (χ1v) is 16.8. The van der Waals surface area contributed by atoms with Gasteiger partial charge in [0.25, 0.3) is 5.91 Å². The summed E-state index contributed by atoms with van der Waals surface area (Å²) in [6, 6.07) is 19.5. The molecule has 49 heavy (non-hydrogen) atoms. The van der Waals surface area contributed by atoms with E-state index in [9.17, 15) is 14.4 Å². The van der Waals surface area contributed by atoms with Crippen molar-refractivity contribution in [2.75, 3.05) is 25.0 Å². The number of H-pyrrole nitrogens is 1. The maximum absolute atomic E-state index is 13.6. The van der Waals surface area contributed by atoms with E-state index in [1.165, 1.54) is 0 Å². The Bertz CT molecular complexity index is 1710. The molecule has 258 valence electrons. The number of nitrogens with two attached hydrogens (primary N) is 1. The summed E-state index contributed by atoms with van der Waals surface area (Å²) in [5, 5.41) is 26.7. The Morgan fingerprint density at radius 2 is 1.67 bits per heavy atom. The molecule has 12 nitrogen and oxygen atoms in total. The SMILES string of the molecule is Cl.NC[C@H]1CC[C@H](C(=O)N[C@@H](Cc2ccc(-c3ccc(C(=O)N[C@@H]4CCNC4)cc3Cl)cc2)C(=O)Nc2ccc(-c3nn[nH]n3)cc2)CC1. The van der Waals surface area contributed by atoms with Crippen LogP contribution in [0.5, 0.6) is 0 Å². The van der Waals surface area contributed by atoms with Crippen molar-refractivity contribution in [3.8, 4) is 22.5 Å². The van der Waals surface area contributed by atoms with Gasteiger partial charge in [-0.2, -0.15) is 5.21 Å². The van der Waals surface area contributed by atoms with Crippen LogP contribution in [0.1, 0.15) is 48.0 Å². The van der Waals surface area contributed by atoms with E-state index < -0.39 is 6.04 Å². The van der Waals surface area contributed by atoms with Gasteiger partial charge in [-0.15, -0.1) is 22.6 Å². The van der Waals surface area contributed by atoms with Crippen molar-refractivity contribution in [2.24, 2.45) is 17.6 Å². The van der Waals surface area contributed by atoms with Gasteiger partial charge < -0.3 is 27.0 Å². The van der Waals surface area contributed by atoms with E-state index in [1.54, 1.807) is 36.4 Å². The predicted molar refractivity (Wildman–Crippen MR) is 191 cm³/mol. The standard InChI is InChI=1S/C35H40ClN9O3.ClH/c36-30-18-26(34(47)40-28-15-16-38-20-28)11-14-29(30)23-5-1-21(2-6-23)17-31(41-33(46)25-7-3-22(19-37)4-8-25)35(48)39-27-12-9-24(10-13-27)32-42-44-45-43-32;/h1-2,5-6,9-14,18,22,25,28,31,38H,3-4,7-8,15-17,19-20,37H2,(H,39,48)(H,40,47)(H,41,46)(H,42,43,44,45);1H/t22-,25-,28-,31+;/m1./s1. The van der Waals surface area contributed by atoms with E-state index >= 15 is 0 Å². The first kappa shape index (κ1) is 35.9. The van der Waals surface area contributed by atoms with Gasteiger partial charge in [0.2, 0.25) is 17.6 Å². The maximum atomic E-state index is 13.6. The van der Waals surface area contributed by atoms with Gasteiger partial charge in [0.15, 0.2) is 0 Å². The number of aromatic nitrogens is 4. The molecule has 0 unspecified atom stereocenters. The molecule has 3 aromatic carbocycles. The monoisotopic (exact) mass is 705 g/mol. The van der Waals surface area contributed by atoms with Crippen molar-refractivity contribution >= 4 is 47.4 Å². The Kier molecular flexibility index (Phi) is 12.4. The Morgan fingerprint density at radius 3 is 2.31 bits per heavy atom. The Hall–Kier alpha value is -4.36. The molecule has 2 heterocycles. The van der Waals surface area contributed by atoms with E-state index in [-0.39, 0.29) is 42.1 Å². The summed E-state index contributed by atoms with van der Waals surface area (Å²) in [7, 11) is 0. The fourth-order valence-electron chi connectivity index (χ4n) is 6.37. The first-order chi connectivity index (χ1) is 23.4. The van der Waals surface area contributed by atoms with E-state index in [2.05, 4.69) is 41.9 Å². The van der Waals surface area contributed by atoms with Crippen molar-refractivity contribution in [3.05, 3.63) is 82.9 Å². The summed E-state index contributed by atoms with van der Waals surface area (Å²) in [5.41, 5.74) is 10.2. The van der Waals surface area contributed by atoms with E-state index in [1.807, 2.05) is 30.3 Å². The quantitative estimate of drug-likeness (QED) is 0.135. The van der Waals surface area contributed by atoms with Crippen molar-refractivity contribution in [2.45, 2.75) is 50.6 Å². The normalized spacial score (nSPS) is 19.3. The molecule has 7 N–H and O–H groups in total. The van der Waals surface area contributed by atoms with Gasteiger partial charge in [-0.25, -0.2) is 0 Å². The number of carbonyl (C=O) groups excluding carboxylic acids is 3. The minimum atomic E-state index is -0.802. The zero-order chi connectivity index (χ0) is 33.5. The number of hydrogen-bond acceptors (Lipinski definition) is 8. The van der Waals surface area contributed by atoms with Gasteiger partial charge in [-0.1, -0.05) is 41.9 Å². The molecule has 1 saturated heterocycles. The van der Waals surface area contributed by atoms with E-state index in [4.69, 9.17) is 17.3 Å². The number of nitrogens with one attached hydrogen (secondary N) is 5. The van der Waals surface area contributed by atoms with E-state index in [0.29, 0.717) is 41.0 Å². The molecule has 0 bridgehead atoms. The molecule has 1 saturated carbocycles. The summed E-state index contributed by atoms with van der Waals surface area (Å²) in [6.45, 7) is 2.29. The minimum Gasteiger partial charge on any atom is -0.348 e. The summed E-state index contributed by atoms with van der Waals surface area (Å²) in [5.74, 6) is 0.162. The maximum Gasteiger partial charge on any atom is 0.251 e. The smallest absolute Gasteiger partial charge is 0.251 e. The van der Waals surface area contributed by atoms with Crippen LogP contribution in [0.25, 0.3) is 22.5 Å². The topological polar surface area (TPSA) is 180 Å². The molecule has 1 aliphatic carbocycles. The molecule has 0 spiro atoms. The van der Waals surface area contributed by atoms with Crippen molar-refractivity contribution in [3.63, 3.8) is 0 Å². The average Bonchev–Trinajstić information content (AvgIpc) is 3.84. The zero-order valence-corrected chi connectivity index (χ0v) is 28.5. The van der Waals surface area contributed by atoms with Crippen molar-refractivity contribution in [1.29, 1.82) is 0 Å². The Morgan fingerprint density at radius 1 is 0.939 bits per heavy atom. The molecule has 0 radical (unpaired) electrons. The van der Waals surface area contributed by atoms with Gasteiger partial charge in [0.05, 0.1) is 0 Å². The molecule has 3 amide bonds. The van der Waals surface area contributed by atoms with Gasteiger partial charge in [-0.3, -0.25) is 14.4 Å². The average molecular weight is 707 g/mol. The van der Waals surface area contributed by atoms with Crippen molar-refractivity contribution in [1.82, 2.24) is 36.6 Å². The number of benzene rings is 3. The highest BCUT2D eigenvalue weighted by Gasteiger charge is 2.29. The number of carbonyl (C=O) groups is 3. The van der Waals surface area contributed by atoms with Crippen LogP contribution in [0.4, 0.5) is 5.69 Å². The first-order valence-electron chi connectivity index (χ1n) is 16.4. The van der Waals surface area contributed by atoms with Gasteiger partial charge in [0, 0.05) is 52.3 Å². The van der Waals surface area contributed by atoms with E-state index in [0.717, 1.165) is 67.4 Å². The lowest BCUT2D eigenvalue weighted by Crippen LogP contribution is -2.48. The number of tetrazole rings is 1. The number of halogens is 2. The molecule has 6 rings (SSSR count). The summed E-state index contributed by atoms with van der Waals surface area (Å²) in [4.78, 5) is 39.7. The third kappa shape index (κ3) is 9.21. The van der Waals surface area contributed by atoms with Gasteiger partial charge >= 0.3 is 0 Å². The molecule has 2 aliphatic rings. The summed E-state index contributed by atoms with van der Waals surface area (Å²) < 4.78 is 0. The fourth-order valence-corrected chi connectivity index (χ4v) is 6.66. The van der Waals surface area contributed by atoms with Crippen molar-refractivity contribution < 1.29 is 14.4 Å². The van der Waals surface area contributed by atoms with Crippen LogP contribution in [0.15, 0.2) is 66.7 Å². The van der Waals surface area contributed by atoms with Gasteiger partial charge in [0.1, 0.15) is 6.04 Å². The third-order valence-electron chi connectivity index (χ3n) is 9.27. The molecule has 2 atom stereocenters. The van der Waals surface area contributed by atoms with Crippen LogP contribution in [0, 0.1) is 11.8 Å². The van der Waals surface area contributed by atoms with Crippen LogP contribution in [0.2, 0.25) is 5.02 Å². The van der Waals surface area contributed by atoms with Crippen LogP contribution in [0.3, 0.4) is 0 Å². The predicted octanol–water partition coefficient (Wildman–Crippen LogP) is 4.13. The van der Waals surface area contributed by atoms with Crippen LogP contribution in [-0.2, 0) is 16.0 Å². The largest absolute Gasteiger partial charge is 0.348 e. The Balaban J connectivity index is 0.00000468. The number of rotatable bonds is 11. The third-order valence-corrected chi connectivity index (χ3v) is 9.58. The Labute approximate surface area is 296 Å². The molecular weight excluding hydrogens is 665 g/mol. The second-order valence-corrected chi connectivity index (χ2v) is 13.0. The second-order valence-electron chi connectivity index (χ2n) is 12.6. The van der Waals surface area contributed by atoms with Crippen LogP contribution < -0.4 is 27.0 Å².